The molecule has 144 heavy (non-hydrogen) atoms. The van der Waals surface area contributed by atoms with Gasteiger partial charge in [-0.2, -0.15) is 0 Å². The molecule has 4 spiro atoms. The maximum Gasteiger partial charge on any atom is 0.216 e. The van der Waals surface area contributed by atoms with Gasteiger partial charge in [-0.05, 0) is 300 Å². The van der Waals surface area contributed by atoms with Gasteiger partial charge in [0.05, 0.1) is 22.3 Å². The van der Waals surface area contributed by atoms with Crippen LogP contribution in [-0.4, -0.2) is 0 Å². The average Bonchev–Trinajstić information content (AvgIpc) is 1.53. The van der Waals surface area contributed by atoms with Gasteiger partial charge in [-0.25, -0.2) is 18.3 Å². The van der Waals surface area contributed by atoms with E-state index in [2.05, 4.69) is 400 Å². The average molecular weight is 1890 g/mol. The van der Waals surface area contributed by atoms with Crippen LogP contribution in [-0.2, 0) is 49.9 Å². The van der Waals surface area contributed by atoms with Crippen molar-refractivity contribution < 1.29 is 35.9 Å². The van der Waals surface area contributed by atoms with Crippen LogP contribution >= 0.6 is 0 Å². The highest BCUT2D eigenvalue weighted by molar-refractivity contribution is 6.19. The molecule has 0 atom stereocenters. The van der Waals surface area contributed by atoms with Crippen LogP contribution in [0.5, 0.6) is 0 Å². The first-order valence-electron chi connectivity index (χ1n) is 54.0. The number of furan rings is 4. The lowest BCUT2D eigenvalue weighted by molar-refractivity contribution is -0.660. The summed E-state index contributed by atoms with van der Waals surface area (Å²) in [5, 5.41) is 10.0. The largest absolute Gasteiger partial charge is 0.455 e. The molecule has 28 rings (SSSR count). The second-order valence-corrected chi connectivity index (χ2v) is 46.0. The van der Waals surface area contributed by atoms with E-state index in [1.165, 1.54) is 347 Å². The third kappa shape index (κ3) is 13.5. The molecule has 720 valence electrons. The molecular weight excluding hydrogens is 1750 g/mol. The molecule has 20 aromatic rings. The first-order chi connectivity index (χ1) is 69.6. The number of hydrogen-bond acceptors (Lipinski definition) is 4. The van der Waals surface area contributed by atoms with Crippen molar-refractivity contribution in [1.82, 2.24) is 0 Å². The van der Waals surface area contributed by atoms with Crippen molar-refractivity contribution in [3.8, 4) is 89.5 Å². The van der Waals surface area contributed by atoms with Crippen LogP contribution < -0.4 is 18.3 Å². The Labute approximate surface area is 848 Å². The fraction of sp³-hybridized carbons (Fsp3) is 0.324. The van der Waals surface area contributed by atoms with Crippen LogP contribution in [0.3, 0.4) is 0 Å². The third-order valence-electron chi connectivity index (χ3n) is 36.3. The molecule has 4 saturated carbocycles. The molecule has 0 bridgehead atoms. The van der Waals surface area contributed by atoms with Crippen molar-refractivity contribution in [2.75, 3.05) is 0 Å². The number of fused-ring (bicyclic) bond motifs is 34. The van der Waals surface area contributed by atoms with Crippen LogP contribution in [0.15, 0.2) is 261 Å². The van der Waals surface area contributed by atoms with Gasteiger partial charge < -0.3 is 17.7 Å². The summed E-state index contributed by atoms with van der Waals surface area (Å²) in [6.07, 6.45) is 29.4. The lowest BCUT2D eigenvalue weighted by Gasteiger charge is -2.27. The van der Waals surface area contributed by atoms with Crippen LogP contribution in [0, 0.1) is 55.4 Å². The second kappa shape index (κ2) is 34.0. The zero-order valence-corrected chi connectivity index (χ0v) is 88.1. The van der Waals surface area contributed by atoms with E-state index in [0.29, 0.717) is 23.7 Å². The van der Waals surface area contributed by atoms with E-state index in [-0.39, 0.29) is 21.7 Å². The molecule has 12 aromatic carbocycles. The summed E-state index contributed by atoms with van der Waals surface area (Å²) in [5.74, 6) is 1.91. The molecule has 0 amide bonds. The molecule has 0 aliphatic heterocycles. The summed E-state index contributed by atoms with van der Waals surface area (Å²) < 4.78 is 36.3. The molecule has 0 saturated heterocycles. The van der Waals surface area contributed by atoms with Gasteiger partial charge in [0, 0.05) is 111 Å². The minimum Gasteiger partial charge on any atom is -0.455 e. The molecule has 0 radical (unpaired) electrons. The number of aryl methyl sites for hydroxylation is 12. The van der Waals surface area contributed by atoms with E-state index in [9.17, 15) is 0 Å². The predicted octanol–water partition coefficient (Wildman–Crippen LogP) is 34.6. The molecule has 4 fully saturated rings. The van der Waals surface area contributed by atoms with Crippen molar-refractivity contribution in [2.24, 2.45) is 28.2 Å². The van der Waals surface area contributed by atoms with Gasteiger partial charge in [0.25, 0.3) is 0 Å². The number of aromatic nitrogens is 4. The summed E-state index contributed by atoms with van der Waals surface area (Å²) in [7, 11) is 8.63. The molecule has 8 heteroatoms. The Bertz CT molecular complexity index is 8720. The number of nitrogens with zero attached hydrogens (tertiary/aromatic N) is 4. The normalized spacial score (nSPS) is 15.9. The van der Waals surface area contributed by atoms with Gasteiger partial charge in [-0.1, -0.05) is 264 Å². The first-order valence-corrected chi connectivity index (χ1v) is 54.0. The summed E-state index contributed by atoms with van der Waals surface area (Å²) >= 11 is 0. The number of pyridine rings is 4. The lowest BCUT2D eigenvalue weighted by Crippen LogP contribution is -2.32. The van der Waals surface area contributed by atoms with Crippen molar-refractivity contribution in [3.05, 3.63) is 354 Å². The van der Waals surface area contributed by atoms with Crippen molar-refractivity contribution in [1.29, 1.82) is 0 Å². The third-order valence-corrected chi connectivity index (χ3v) is 36.3. The summed E-state index contributed by atoms with van der Waals surface area (Å²) in [6.45, 7) is 35.9. The van der Waals surface area contributed by atoms with Gasteiger partial charge in [-0.15, -0.1) is 0 Å². The minimum absolute atomic E-state index is 0.118. The number of hydrogen-bond donors (Lipinski definition) is 0. The highest BCUT2D eigenvalue weighted by Crippen LogP contribution is 2.65. The highest BCUT2D eigenvalue weighted by atomic mass is 16.3. The van der Waals surface area contributed by atoms with Gasteiger partial charge in [0.15, 0.2) is 24.8 Å². The Balaban J connectivity index is 0.000000101. The fourth-order valence-electron chi connectivity index (χ4n) is 29.8. The van der Waals surface area contributed by atoms with Crippen LogP contribution in [0.2, 0.25) is 0 Å². The molecule has 8 nitrogen and oxygen atoms in total. The van der Waals surface area contributed by atoms with Crippen molar-refractivity contribution >= 4 is 87.8 Å². The number of rotatable bonds is 8. The Morgan fingerprint density at radius 2 is 0.521 bits per heavy atom. The zero-order valence-electron chi connectivity index (χ0n) is 88.1. The predicted molar refractivity (Wildman–Crippen MR) is 594 cm³/mol. The van der Waals surface area contributed by atoms with Gasteiger partial charge in [-0.3, -0.25) is 0 Å². The Morgan fingerprint density at radius 3 is 0.931 bits per heavy atom. The van der Waals surface area contributed by atoms with Gasteiger partial charge in [0.1, 0.15) is 72.9 Å². The maximum atomic E-state index is 6.82. The standard InChI is InChI=1S/4C34H34NO/c1-20(2)26-18-28(35(5)19-22(26)4)30-21(3)12-13-25-31-29(36-33(25)30)15-14-24-23-10-6-7-11-27(23)34(32(24)31)16-8-9-17-34;1-20(2)25-18-28(35(5)19-22(25)4)30-21(3)12-13-24-32-29(36-33(24)30)15-14-27-31(32)23-10-6-7-11-26(23)34(27)16-8-9-17-34;1-20(2)25-17-30(35(5)19-22(25)4)32-21(3)12-13-24-27-16-29-26(18-31(27)36-33(24)32)23-10-6-7-11-28(23)34(29)14-8-9-15-34;1-20(2)25-17-30(35(5)19-22(25)4)32-21(3)12-13-24-27-16-26-23-10-6-7-11-28(23)34(14-8-9-15-34)29(26)18-31(27)36-33(24)32/h2*6-7,10-15,18-20H,8-9,16-17H2,1-5H3;2*6-7,10-13,16-20H,8-9,14-15H2,1-5H3/q4*+1. The SMILES string of the molecule is Cc1c[n+](C)c(-c2c(C)ccc3c2oc2cc4c(cc23)-c2ccccc2C42CCCC2)cc1C(C)C.Cc1c[n+](C)c(-c2c(C)ccc3c2oc2cc4c(cc23)C2(CCCC2)c2ccccc2-4)cc1C(C)C.Cc1c[n+](C)c(-c2c(C)ccc3c2oc2ccc4c(c23)-c2ccccc2C42CCCC2)cc1C(C)C.Cc1c[n+](C)c(-c2c(C)ccc3c2oc2ccc4c(c23)C2(CCCC2)c2ccccc2-4)cc1C(C)C. The van der Waals surface area contributed by atoms with Gasteiger partial charge in [0.2, 0.25) is 22.8 Å². The topological polar surface area (TPSA) is 68.1 Å². The van der Waals surface area contributed by atoms with Crippen LogP contribution in [0.25, 0.3) is 177 Å². The smallest absolute Gasteiger partial charge is 0.216 e. The van der Waals surface area contributed by atoms with Gasteiger partial charge >= 0.3 is 0 Å². The van der Waals surface area contributed by atoms with Crippen molar-refractivity contribution in [2.45, 2.75) is 259 Å². The van der Waals surface area contributed by atoms with Crippen LogP contribution in [0.1, 0.15) is 293 Å². The molecule has 8 aromatic heterocycles. The monoisotopic (exact) mass is 1890 g/mol. The molecule has 0 N–H and O–H groups in total. The Hall–Kier alpha value is -13.6. The Morgan fingerprint density at radius 1 is 0.222 bits per heavy atom. The molecule has 0 unspecified atom stereocenters. The fourth-order valence-corrected chi connectivity index (χ4v) is 29.8. The van der Waals surface area contributed by atoms with E-state index < -0.39 is 0 Å². The summed E-state index contributed by atoms with van der Waals surface area (Å²) in [6, 6.07) is 83.0. The summed E-state index contributed by atoms with van der Waals surface area (Å²) in [4.78, 5) is 0. The molecule has 8 aliphatic carbocycles. The van der Waals surface area contributed by atoms with Crippen molar-refractivity contribution in [3.63, 3.8) is 0 Å². The molecule has 8 heterocycles. The van der Waals surface area contributed by atoms with E-state index in [1.807, 2.05) is 0 Å². The maximum absolute atomic E-state index is 6.82. The van der Waals surface area contributed by atoms with E-state index in [4.69, 9.17) is 17.7 Å². The Kier molecular flexibility index (Phi) is 21.7. The lowest BCUT2D eigenvalue weighted by atomic mass is 9.75. The second-order valence-electron chi connectivity index (χ2n) is 46.0. The van der Waals surface area contributed by atoms with E-state index >= 15 is 0 Å². The molecule has 8 aliphatic rings. The van der Waals surface area contributed by atoms with E-state index in [1.54, 1.807) is 0 Å². The number of benzene rings is 12. The zero-order chi connectivity index (χ0) is 99.1. The van der Waals surface area contributed by atoms with Crippen LogP contribution in [0.4, 0.5) is 0 Å². The summed E-state index contributed by atoms with van der Waals surface area (Å²) in [5.41, 5.74) is 57.8. The highest BCUT2D eigenvalue weighted by Gasteiger charge is 2.51. The minimum atomic E-state index is 0.118. The first kappa shape index (κ1) is 91.6. The molecular formula is C136H136N4O4+4. The van der Waals surface area contributed by atoms with E-state index in [0.717, 1.165) is 44.7 Å². The quantitative estimate of drug-likeness (QED) is 0.142.